The molecule has 1 saturated carbocycles. The van der Waals surface area contributed by atoms with Crippen molar-refractivity contribution in [1.82, 2.24) is 15.5 Å². The number of nitrogens with zero attached hydrogens (tertiary/aromatic N) is 2. The Bertz CT molecular complexity index is 329. The van der Waals surface area contributed by atoms with Crippen molar-refractivity contribution in [2.24, 2.45) is 10.9 Å². The van der Waals surface area contributed by atoms with E-state index >= 15 is 0 Å². The van der Waals surface area contributed by atoms with E-state index in [1.54, 1.807) is 7.05 Å². The van der Waals surface area contributed by atoms with Crippen molar-refractivity contribution < 1.29 is 13.2 Å². The number of alkyl halides is 3. The summed E-state index contributed by atoms with van der Waals surface area (Å²) in [5, 5.41) is 6.42. The van der Waals surface area contributed by atoms with Gasteiger partial charge < -0.3 is 10.6 Å². The van der Waals surface area contributed by atoms with E-state index in [2.05, 4.69) is 22.5 Å². The highest BCUT2D eigenvalue weighted by Gasteiger charge is 2.28. The molecule has 0 bridgehead atoms. The van der Waals surface area contributed by atoms with Crippen molar-refractivity contribution in [1.29, 1.82) is 0 Å². The predicted molar refractivity (Wildman–Crippen MR) is 94.9 cm³/mol. The second-order valence-electron chi connectivity index (χ2n) is 5.95. The van der Waals surface area contributed by atoms with Gasteiger partial charge in [0.25, 0.3) is 0 Å². The van der Waals surface area contributed by atoms with Crippen molar-refractivity contribution >= 4 is 29.9 Å². The lowest BCUT2D eigenvalue weighted by atomic mass is 9.87. The van der Waals surface area contributed by atoms with E-state index in [9.17, 15) is 13.2 Å². The number of hydrogen-bond donors (Lipinski definition) is 2. The molecule has 0 amide bonds. The van der Waals surface area contributed by atoms with Crippen LogP contribution < -0.4 is 10.6 Å². The molecule has 0 aromatic heterocycles. The normalized spacial score (nSPS) is 23.1. The Morgan fingerprint density at radius 3 is 2.32 bits per heavy atom. The van der Waals surface area contributed by atoms with E-state index in [1.165, 1.54) is 24.8 Å². The molecule has 22 heavy (non-hydrogen) atoms. The number of aliphatic imine (C=N–C) groups is 1. The Morgan fingerprint density at radius 2 is 1.82 bits per heavy atom. The third-order valence-electron chi connectivity index (χ3n) is 3.82. The first-order valence-corrected chi connectivity index (χ1v) is 7.52. The summed E-state index contributed by atoms with van der Waals surface area (Å²) >= 11 is 0. The molecule has 0 aromatic rings. The average molecular weight is 436 g/mol. The standard InChI is InChI=1S/C14H27F3N4.HI/c1-11-4-6-12(7-5-11)20-13(18-2)19-8-9-21(3)10-14(15,16)17;/h11-12H,4-10H2,1-3H3,(H2,18,19,20);1H. The fourth-order valence-corrected chi connectivity index (χ4v) is 2.54. The lowest BCUT2D eigenvalue weighted by molar-refractivity contribution is -0.142. The maximum Gasteiger partial charge on any atom is 0.401 e. The fourth-order valence-electron chi connectivity index (χ4n) is 2.54. The van der Waals surface area contributed by atoms with Gasteiger partial charge in [-0.3, -0.25) is 9.89 Å². The minimum Gasteiger partial charge on any atom is -0.355 e. The van der Waals surface area contributed by atoms with E-state index in [0.717, 1.165) is 18.8 Å². The monoisotopic (exact) mass is 436 g/mol. The molecule has 0 radical (unpaired) electrons. The van der Waals surface area contributed by atoms with Gasteiger partial charge in [-0.1, -0.05) is 6.92 Å². The molecule has 1 fully saturated rings. The average Bonchev–Trinajstić information content (AvgIpc) is 2.38. The molecule has 0 saturated heterocycles. The van der Waals surface area contributed by atoms with Gasteiger partial charge in [0.2, 0.25) is 0 Å². The van der Waals surface area contributed by atoms with Crippen LogP contribution in [0.1, 0.15) is 32.6 Å². The van der Waals surface area contributed by atoms with Crippen LogP contribution in [-0.4, -0.2) is 56.8 Å². The van der Waals surface area contributed by atoms with Crippen molar-refractivity contribution in [3.63, 3.8) is 0 Å². The van der Waals surface area contributed by atoms with Gasteiger partial charge in [0.1, 0.15) is 0 Å². The summed E-state index contributed by atoms with van der Waals surface area (Å²) in [4.78, 5) is 5.38. The molecular formula is C14H28F3IN4. The first kappa shape index (κ1) is 21.8. The topological polar surface area (TPSA) is 39.7 Å². The molecule has 132 valence electrons. The molecule has 0 spiro atoms. The van der Waals surface area contributed by atoms with Crippen molar-refractivity contribution in [3.05, 3.63) is 0 Å². The SMILES string of the molecule is CN=C(NCCN(C)CC(F)(F)F)NC1CCC(C)CC1.I. The van der Waals surface area contributed by atoms with Crippen LogP contribution in [0.2, 0.25) is 0 Å². The highest BCUT2D eigenvalue weighted by molar-refractivity contribution is 14.0. The Hall–Kier alpha value is -0.250. The summed E-state index contributed by atoms with van der Waals surface area (Å²) in [6.07, 6.45) is 0.519. The Balaban J connectivity index is 0.00000441. The van der Waals surface area contributed by atoms with Gasteiger partial charge in [-0.05, 0) is 38.6 Å². The zero-order chi connectivity index (χ0) is 15.9. The highest BCUT2D eigenvalue weighted by Crippen LogP contribution is 2.23. The lowest BCUT2D eigenvalue weighted by Gasteiger charge is -2.28. The summed E-state index contributed by atoms with van der Waals surface area (Å²) < 4.78 is 36.6. The summed E-state index contributed by atoms with van der Waals surface area (Å²) in [5.41, 5.74) is 0. The molecule has 1 aliphatic rings. The van der Waals surface area contributed by atoms with Crippen LogP contribution in [0.3, 0.4) is 0 Å². The number of likely N-dealkylation sites (N-methyl/N-ethyl adjacent to an activating group) is 1. The zero-order valence-corrected chi connectivity index (χ0v) is 15.9. The van der Waals surface area contributed by atoms with Crippen molar-refractivity contribution in [2.45, 2.75) is 44.8 Å². The molecule has 2 N–H and O–H groups in total. The Labute approximate surface area is 148 Å². The van der Waals surface area contributed by atoms with E-state index < -0.39 is 12.7 Å². The molecule has 0 unspecified atom stereocenters. The Morgan fingerprint density at radius 1 is 1.23 bits per heavy atom. The minimum absolute atomic E-state index is 0. The maximum atomic E-state index is 12.2. The lowest BCUT2D eigenvalue weighted by Crippen LogP contribution is -2.47. The molecule has 0 heterocycles. The van der Waals surface area contributed by atoms with Crippen LogP contribution in [-0.2, 0) is 0 Å². The number of nitrogens with one attached hydrogen (secondary N) is 2. The second kappa shape index (κ2) is 10.5. The van der Waals surface area contributed by atoms with Crippen LogP contribution >= 0.6 is 24.0 Å². The number of hydrogen-bond acceptors (Lipinski definition) is 2. The quantitative estimate of drug-likeness (QED) is 0.396. The number of guanidine groups is 1. The van der Waals surface area contributed by atoms with Gasteiger partial charge in [-0.15, -0.1) is 24.0 Å². The highest BCUT2D eigenvalue weighted by atomic mass is 127. The number of halogens is 4. The molecule has 1 aliphatic carbocycles. The summed E-state index contributed by atoms with van der Waals surface area (Å²) in [6.45, 7) is 2.14. The summed E-state index contributed by atoms with van der Waals surface area (Å²) in [6, 6.07) is 0.417. The van der Waals surface area contributed by atoms with Crippen LogP contribution in [0, 0.1) is 5.92 Å². The Kier molecular flexibility index (Phi) is 10.4. The minimum atomic E-state index is -4.15. The fraction of sp³-hybridized carbons (Fsp3) is 0.929. The molecule has 1 rings (SSSR count). The van der Waals surface area contributed by atoms with Gasteiger partial charge in [0.05, 0.1) is 6.54 Å². The first-order chi connectivity index (χ1) is 9.80. The predicted octanol–water partition coefficient (Wildman–Crippen LogP) is 2.84. The van der Waals surface area contributed by atoms with Crippen molar-refractivity contribution in [2.75, 3.05) is 33.7 Å². The van der Waals surface area contributed by atoms with E-state index in [-0.39, 0.29) is 24.0 Å². The smallest absolute Gasteiger partial charge is 0.355 e. The molecule has 0 atom stereocenters. The van der Waals surface area contributed by atoms with Gasteiger partial charge in [0.15, 0.2) is 5.96 Å². The summed E-state index contributed by atoms with van der Waals surface area (Å²) in [7, 11) is 3.15. The van der Waals surface area contributed by atoms with E-state index in [0.29, 0.717) is 25.1 Å². The molecule has 0 aromatic carbocycles. The molecule has 8 heteroatoms. The first-order valence-electron chi connectivity index (χ1n) is 7.52. The summed E-state index contributed by atoms with van der Waals surface area (Å²) in [5.74, 6) is 1.46. The molecule has 0 aliphatic heterocycles. The van der Waals surface area contributed by atoms with E-state index in [4.69, 9.17) is 0 Å². The third kappa shape index (κ3) is 9.70. The number of rotatable bonds is 5. The van der Waals surface area contributed by atoms with E-state index in [1.807, 2.05) is 0 Å². The van der Waals surface area contributed by atoms with Crippen LogP contribution in [0.5, 0.6) is 0 Å². The van der Waals surface area contributed by atoms with Gasteiger partial charge in [-0.25, -0.2) is 0 Å². The van der Waals surface area contributed by atoms with Crippen molar-refractivity contribution in [3.8, 4) is 0 Å². The molecule has 4 nitrogen and oxygen atoms in total. The van der Waals surface area contributed by atoms with Crippen LogP contribution in [0.25, 0.3) is 0 Å². The van der Waals surface area contributed by atoms with Gasteiger partial charge in [-0.2, -0.15) is 13.2 Å². The second-order valence-corrected chi connectivity index (χ2v) is 5.95. The third-order valence-corrected chi connectivity index (χ3v) is 3.82. The largest absolute Gasteiger partial charge is 0.401 e. The zero-order valence-electron chi connectivity index (χ0n) is 13.5. The molecular weight excluding hydrogens is 408 g/mol. The van der Waals surface area contributed by atoms with Crippen LogP contribution in [0.15, 0.2) is 4.99 Å². The maximum absolute atomic E-state index is 12.2. The van der Waals surface area contributed by atoms with Gasteiger partial charge in [0, 0.05) is 26.2 Å². The van der Waals surface area contributed by atoms with Gasteiger partial charge >= 0.3 is 6.18 Å². The van der Waals surface area contributed by atoms with Crippen LogP contribution in [0.4, 0.5) is 13.2 Å².